The molecule has 0 saturated heterocycles. The van der Waals surface area contributed by atoms with Crippen molar-refractivity contribution >= 4 is 17.4 Å². The molecule has 0 atom stereocenters. The predicted molar refractivity (Wildman–Crippen MR) is 89.0 cm³/mol. The minimum Gasteiger partial charge on any atom is -0.300 e. The van der Waals surface area contributed by atoms with Crippen LogP contribution in [0.15, 0.2) is 48.5 Å². The summed E-state index contributed by atoms with van der Waals surface area (Å²) in [6.07, 6.45) is 0. The molecular weight excluding hydrogens is 302 g/mol. The quantitative estimate of drug-likeness (QED) is 0.796. The smallest absolute Gasteiger partial charge is 0.299 e. The Hall–Kier alpha value is -3.44. The number of nitrogens with zero attached hydrogens (tertiary/aromatic N) is 3. The monoisotopic (exact) mass is 317 g/mol. The highest BCUT2D eigenvalue weighted by Crippen LogP contribution is 2.30. The molecule has 1 aliphatic rings. The largest absolute Gasteiger partial charge is 0.300 e. The number of ketones is 1. The van der Waals surface area contributed by atoms with E-state index in [4.69, 9.17) is 10.5 Å². The highest BCUT2D eigenvalue weighted by Gasteiger charge is 2.35. The van der Waals surface area contributed by atoms with Crippen LogP contribution >= 0.6 is 0 Å². The van der Waals surface area contributed by atoms with E-state index in [1.165, 1.54) is 0 Å². The van der Waals surface area contributed by atoms with Gasteiger partial charge in [-0.25, -0.2) is 0 Å². The number of hydrogen-bond donors (Lipinski definition) is 0. The Kier molecular flexibility index (Phi) is 5.44. The van der Waals surface area contributed by atoms with Gasteiger partial charge in [0, 0.05) is 0 Å². The molecule has 1 aliphatic heterocycles. The summed E-state index contributed by atoms with van der Waals surface area (Å²) in [6, 6.07) is 18.5. The highest BCUT2D eigenvalue weighted by atomic mass is 16.2. The average Bonchev–Trinajstić information content (AvgIpc) is 2.82. The first-order chi connectivity index (χ1) is 11.6. The molecule has 0 aromatic heterocycles. The normalized spacial score (nSPS) is 11.9. The van der Waals surface area contributed by atoms with E-state index in [2.05, 4.69) is 0 Å². The molecule has 0 bridgehead atoms. The van der Waals surface area contributed by atoms with E-state index in [9.17, 15) is 9.59 Å². The average molecular weight is 317 g/mol. The summed E-state index contributed by atoms with van der Waals surface area (Å²) >= 11 is 0. The van der Waals surface area contributed by atoms with Crippen LogP contribution in [0.4, 0.5) is 5.69 Å². The Balaban J connectivity index is 0.000000368. The highest BCUT2D eigenvalue weighted by molar-refractivity contribution is 6.52. The zero-order chi connectivity index (χ0) is 17.5. The zero-order valence-corrected chi connectivity index (χ0v) is 13.2. The van der Waals surface area contributed by atoms with E-state index in [1.54, 1.807) is 23.1 Å². The van der Waals surface area contributed by atoms with Crippen LogP contribution in [0.5, 0.6) is 0 Å². The van der Waals surface area contributed by atoms with Gasteiger partial charge in [-0.2, -0.15) is 10.5 Å². The number of nitriles is 2. The number of Topliss-reactive ketones (excluding diaryl/α,β-unsaturated/α-hetero) is 1. The number of fused-ring (bicyclic) bond motifs is 1. The van der Waals surface area contributed by atoms with E-state index in [0.717, 1.165) is 11.1 Å². The van der Waals surface area contributed by atoms with Crippen molar-refractivity contribution in [2.24, 2.45) is 0 Å². The van der Waals surface area contributed by atoms with Gasteiger partial charge in [-0.1, -0.05) is 42.0 Å². The lowest BCUT2D eigenvalue weighted by Gasteiger charge is -2.16. The number of carbonyl (C=O) groups excluding carboxylic acids is 2. The standard InChI is InChI=1S/C16H13NO2.C3H2N2/c1-11-7-8-14-13(9-11)15(18)16(19)17(14)10-12-5-3-2-4-6-12;4-2-1-3-5/h2-9H,10H2,1H3;1H2. The Morgan fingerprint density at radius 2 is 1.67 bits per heavy atom. The van der Waals surface area contributed by atoms with Crippen LogP contribution in [0, 0.1) is 29.6 Å². The number of aryl methyl sites for hydroxylation is 1. The lowest BCUT2D eigenvalue weighted by Crippen LogP contribution is -2.29. The summed E-state index contributed by atoms with van der Waals surface area (Å²) in [5, 5.41) is 15.2. The molecule has 3 rings (SSSR count). The molecule has 0 spiro atoms. The minimum absolute atomic E-state index is 0. The van der Waals surface area contributed by atoms with Crippen LogP contribution in [-0.4, -0.2) is 11.7 Å². The second-order valence-electron chi connectivity index (χ2n) is 5.22. The summed E-state index contributed by atoms with van der Waals surface area (Å²) in [4.78, 5) is 25.6. The number of carbonyl (C=O) groups is 2. The Bertz CT molecular complexity index is 833. The lowest BCUT2D eigenvalue weighted by molar-refractivity contribution is -0.114. The van der Waals surface area contributed by atoms with Crippen molar-refractivity contribution in [1.29, 1.82) is 10.5 Å². The molecule has 118 valence electrons. The van der Waals surface area contributed by atoms with Gasteiger partial charge in [0.25, 0.3) is 11.7 Å². The summed E-state index contributed by atoms with van der Waals surface area (Å²) < 4.78 is 0. The predicted octanol–water partition coefficient (Wildman–Crippen LogP) is 3.15. The maximum Gasteiger partial charge on any atom is 0.299 e. The minimum atomic E-state index is -0.440. The first kappa shape index (κ1) is 16.9. The first-order valence-corrected chi connectivity index (χ1v) is 7.33. The van der Waals surface area contributed by atoms with Crippen molar-refractivity contribution < 1.29 is 9.59 Å². The number of amides is 1. The molecule has 0 N–H and O–H groups in total. The van der Waals surface area contributed by atoms with Gasteiger partial charge in [-0.15, -0.1) is 0 Å². The maximum absolute atomic E-state index is 12.1. The number of benzene rings is 2. The molecule has 2 aromatic carbocycles. The van der Waals surface area contributed by atoms with Gasteiger partial charge in [0.15, 0.2) is 0 Å². The maximum atomic E-state index is 12.1. The van der Waals surface area contributed by atoms with Crippen LogP contribution in [0.2, 0.25) is 0 Å². The van der Waals surface area contributed by atoms with E-state index in [0.29, 0.717) is 17.8 Å². The number of hydrogen-bond acceptors (Lipinski definition) is 4. The van der Waals surface area contributed by atoms with Crippen molar-refractivity contribution in [2.75, 3.05) is 4.90 Å². The van der Waals surface area contributed by atoms with Gasteiger partial charge in [-0.3, -0.25) is 9.59 Å². The van der Waals surface area contributed by atoms with Gasteiger partial charge >= 0.3 is 0 Å². The van der Waals surface area contributed by atoms with Crippen LogP contribution < -0.4 is 4.90 Å². The molecule has 5 nitrogen and oxygen atoms in total. The first-order valence-electron chi connectivity index (χ1n) is 7.33. The third-order valence-electron chi connectivity index (χ3n) is 3.47. The fraction of sp³-hybridized carbons (Fsp3) is 0.158. The number of rotatable bonds is 2. The zero-order valence-electron chi connectivity index (χ0n) is 13.2. The van der Waals surface area contributed by atoms with Crippen molar-refractivity contribution in [2.45, 2.75) is 19.9 Å². The van der Waals surface area contributed by atoms with Crippen molar-refractivity contribution in [3.05, 3.63) is 65.2 Å². The molecule has 24 heavy (non-hydrogen) atoms. The van der Waals surface area contributed by atoms with Gasteiger partial charge in [-0.05, 0) is 24.6 Å². The summed E-state index contributed by atoms with van der Waals surface area (Å²) in [6.45, 7) is 2.35. The Labute approximate surface area is 140 Å². The second-order valence-corrected chi connectivity index (χ2v) is 5.22. The molecule has 0 radical (unpaired) electrons. The van der Waals surface area contributed by atoms with Gasteiger partial charge in [0.05, 0.1) is 29.9 Å². The van der Waals surface area contributed by atoms with E-state index in [-0.39, 0.29) is 6.42 Å². The SMILES string of the molecule is Cc1ccc2c(c1)C(=O)C(=O)N2Cc1ccccc1.N#CCC#N. The summed E-state index contributed by atoms with van der Waals surface area (Å²) in [5.41, 5.74) is 3.23. The molecule has 0 aliphatic carbocycles. The van der Waals surface area contributed by atoms with Crippen molar-refractivity contribution in [3.8, 4) is 12.1 Å². The van der Waals surface area contributed by atoms with Crippen LogP contribution in [0.3, 0.4) is 0 Å². The molecule has 5 heteroatoms. The number of anilines is 1. The third kappa shape index (κ3) is 3.66. The summed E-state index contributed by atoms with van der Waals surface area (Å²) in [7, 11) is 0. The lowest BCUT2D eigenvalue weighted by atomic mass is 10.1. The third-order valence-corrected chi connectivity index (χ3v) is 3.47. The molecule has 0 unspecified atom stereocenters. The van der Waals surface area contributed by atoms with Gasteiger partial charge < -0.3 is 4.90 Å². The molecule has 1 heterocycles. The molecule has 2 aromatic rings. The van der Waals surface area contributed by atoms with E-state index >= 15 is 0 Å². The molecule has 0 saturated carbocycles. The van der Waals surface area contributed by atoms with Crippen molar-refractivity contribution in [1.82, 2.24) is 0 Å². The fourth-order valence-corrected chi connectivity index (χ4v) is 2.37. The summed E-state index contributed by atoms with van der Waals surface area (Å²) in [5.74, 6) is -0.848. The Morgan fingerprint density at radius 3 is 2.25 bits per heavy atom. The fourth-order valence-electron chi connectivity index (χ4n) is 2.37. The van der Waals surface area contributed by atoms with Crippen molar-refractivity contribution in [3.63, 3.8) is 0 Å². The Morgan fingerprint density at radius 1 is 1.00 bits per heavy atom. The van der Waals surface area contributed by atoms with Crippen LogP contribution in [-0.2, 0) is 11.3 Å². The molecular formula is C19H15N3O2. The van der Waals surface area contributed by atoms with E-state index in [1.807, 2.05) is 49.4 Å². The second kappa shape index (κ2) is 7.71. The molecule has 1 amide bonds. The van der Waals surface area contributed by atoms with Gasteiger partial charge in [0.2, 0.25) is 0 Å². The van der Waals surface area contributed by atoms with Crippen LogP contribution in [0.1, 0.15) is 27.9 Å². The van der Waals surface area contributed by atoms with E-state index < -0.39 is 11.7 Å². The van der Waals surface area contributed by atoms with Gasteiger partial charge in [0.1, 0.15) is 6.42 Å². The van der Waals surface area contributed by atoms with Crippen LogP contribution in [0.25, 0.3) is 0 Å². The molecule has 0 fully saturated rings. The topological polar surface area (TPSA) is 85.0 Å².